The summed E-state index contributed by atoms with van der Waals surface area (Å²) in [5.74, 6) is 0. The molecule has 1 aliphatic heterocycles. The van der Waals surface area contributed by atoms with E-state index < -0.39 is 20.0 Å². The van der Waals surface area contributed by atoms with Gasteiger partial charge in [-0.3, -0.25) is 0 Å². The SMILES string of the molecule is CC1=NS(=O)(=O)c2ccc(S(N)(=O)=O)cc21. The Morgan fingerprint density at radius 3 is 2.50 bits per heavy atom. The van der Waals surface area contributed by atoms with E-state index in [9.17, 15) is 16.8 Å². The molecule has 1 heterocycles. The summed E-state index contributed by atoms with van der Waals surface area (Å²) in [5.41, 5.74) is 0.548. The van der Waals surface area contributed by atoms with Gasteiger partial charge in [0.1, 0.15) is 0 Å². The van der Waals surface area contributed by atoms with Crippen LogP contribution in [0, 0.1) is 0 Å². The number of fused-ring (bicyclic) bond motifs is 1. The second-order valence-corrected chi connectivity index (χ2v) is 6.49. The van der Waals surface area contributed by atoms with Crippen LogP contribution in [0.15, 0.2) is 32.4 Å². The summed E-state index contributed by atoms with van der Waals surface area (Å²) in [5, 5.41) is 4.95. The molecule has 1 aromatic carbocycles. The van der Waals surface area contributed by atoms with E-state index >= 15 is 0 Å². The number of hydrogen-bond donors (Lipinski definition) is 1. The number of hydrogen-bond acceptors (Lipinski definition) is 4. The second-order valence-electron chi connectivity index (χ2n) is 3.35. The molecule has 1 aromatic rings. The lowest BCUT2D eigenvalue weighted by Crippen LogP contribution is -2.13. The summed E-state index contributed by atoms with van der Waals surface area (Å²) in [6, 6.07) is 3.57. The van der Waals surface area contributed by atoms with Gasteiger partial charge in [0.2, 0.25) is 10.0 Å². The quantitative estimate of drug-likeness (QED) is 0.757. The van der Waals surface area contributed by atoms with Crippen molar-refractivity contribution in [3.8, 4) is 0 Å². The first-order valence-electron chi connectivity index (χ1n) is 4.20. The largest absolute Gasteiger partial charge is 0.283 e. The molecule has 0 spiro atoms. The molecule has 1 aliphatic rings. The zero-order valence-electron chi connectivity index (χ0n) is 8.21. The predicted octanol–water partition coefficient (Wildman–Crippen LogP) is -0.155. The molecule has 0 fully saturated rings. The van der Waals surface area contributed by atoms with Gasteiger partial charge in [-0.15, -0.1) is 0 Å². The van der Waals surface area contributed by atoms with Crippen LogP contribution in [0.1, 0.15) is 12.5 Å². The number of sulfonamides is 2. The molecule has 8 heteroatoms. The van der Waals surface area contributed by atoms with Gasteiger partial charge in [-0.05, 0) is 25.1 Å². The molecule has 0 amide bonds. The lowest BCUT2D eigenvalue weighted by molar-refractivity contribution is 0.595. The van der Waals surface area contributed by atoms with Crippen molar-refractivity contribution in [3.63, 3.8) is 0 Å². The Balaban J connectivity index is 2.78. The van der Waals surface area contributed by atoms with Gasteiger partial charge in [0.25, 0.3) is 10.0 Å². The van der Waals surface area contributed by atoms with Gasteiger partial charge in [0, 0.05) is 5.56 Å². The Bertz CT molecular complexity index is 702. The minimum Gasteiger partial charge on any atom is -0.225 e. The summed E-state index contributed by atoms with van der Waals surface area (Å²) in [6.45, 7) is 1.50. The fourth-order valence-corrected chi connectivity index (χ4v) is 3.29. The fraction of sp³-hybridized carbons (Fsp3) is 0.125. The van der Waals surface area contributed by atoms with Crippen LogP contribution in [0.25, 0.3) is 0 Å². The highest BCUT2D eigenvalue weighted by atomic mass is 32.2. The van der Waals surface area contributed by atoms with Crippen LogP contribution in [-0.4, -0.2) is 22.5 Å². The van der Waals surface area contributed by atoms with Crippen molar-refractivity contribution in [2.75, 3.05) is 0 Å². The average molecular weight is 260 g/mol. The van der Waals surface area contributed by atoms with Crippen LogP contribution in [-0.2, 0) is 20.0 Å². The standard InChI is InChI=1S/C8H8N2O4S2/c1-5-7-4-6(15(9,11)12)2-3-8(7)16(13,14)10-5/h2-4H,1H3,(H2,9,11,12). The number of rotatable bonds is 1. The third kappa shape index (κ3) is 1.64. The van der Waals surface area contributed by atoms with Gasteiger partial charge < -0.3 is 0 Å². The van der Waals surface area contributed by atoms with Crippen LogP contribution in [0.4, 0.5) is 0 Å². The smallest absolute Gasteiger partial charge is 0.225 e. The zero-order chi connectivity index (χ0) is 12.1. The summed E-state index contributed by atoms with van der Waals surface area (Å²) in [4.78, 5) is -0.115. The summed E-state index contributed by atoms with van der Waals surface area (Å²) in [7, 11) is -7.50. The molecule has 86 valence electrons. The molecule has 0 atom stereocenters. The van der Waals surface area contributed by atoms with Gasteiger partial charge in [-0.25, -0.2) is 13.6 Å². The van der Waals surface area contributed by atoms with E-state index in [0.717, 1.165) is 6.07 Å². The molecule has 0 radical (unpaired) electrons. The van der Waals surface area contributed by atoms with Crippen molar-refractivity contribution in [1.82, 2.24) is 0 Å². The first-order valence-corrected chi connectivity index (χ1v) is 7.19. The second kappa shape index (κ2) is 3.12. The topological polar surface area (TPSA) is 107 Å². The number of benzene rings is 1. The Morgan fingerprint density at radius 1 is 1.31 bits per heavy atom. The highest BCUT2D eigenvalue weighted by Crippen LogP contribution is 2.27. The van der Waals surface area contributed by atoms with E-state index in [-0.39, 0.29) is 21.1 Å². The molecule has 0 unspecified atom stereocenters. The van der Waals surface area contributed by atoms with Crippen molar-refractivity contribution in [2.24, 2.45) is 9.54 Å². The molecular formula is C8H8N2O4S2. The van der Waals surface area contributed by atoms with Gasteiger partial charge >= 0.3 is 0 Å². The molecule has 0 aromatic heterocycles. The third-order valence-corrected chi connectivity index (χ3v) is 4.54. The van der Waals surface area contributed by atoms with Crippen LogP contribution in [0.5, 0.6) is 0 Å². The Hall–Kier alpha value is -1.25. The minimum atomic E-state index is -3.83. The first kappa shape index (κ1) is 11.2. The summed E-state index contributed by atoms with van der Waals surface area (Å²) < 4.78 is 48.6. The maximum absolute atomic E-state index is 11.5. The summed E-state index contributed by atoms with van der Waals surface area (Å²) in [6.07, 6.45) is 0. The van der Waals surface area contributed by atoms with Crippen molar-refractivity contribution in [2.45, 2.75) is 16.7 Å². The van der Waals surface area contributed by atoms with E-state index in [1.165, 1.54) is 19.1 Å². The van der Waals surface area contributed by atoms with E-state index in [1.54, 1.807) is 0 Å². The lowest BCUT2D eigenvalue weighted by atomic mass is 10.1. The molecule has 6 nitrogen and oxygen atoms in total. The Kier molecular flexibility index (Phi) is 2.19. The fourth-order valence-electron chi connectivity index (χ4n) is 1.47. The number of nitrogens with zero attached hydrogens (tertiary/aromatic N) is 1. The van der Waals surface area contributed by atoms with E-state index in [1.807, 2.05) is 0 Å². The summed E-state index contributed by atoms with van der Waals surface area (Å²) >= 11 is 0. The highest BCUT2D eigenvalue weighted by molar-refractivity contribution is 7.91. The highest BCUT2D eigenvalue weighted by Gasteiger charge is 2.27. The molecule has 2 N–H and O–H groups in total. The van der Waals surface area contributed by atoms with E-state index in [4.69, 9.17) is 5.14 Å². The molecule has 0 bridgehead atoms. The Morgan fingerprint density at radius 2 is 1.94 bits per heavy atom. The third-order valence-electron chi connectivity index (χ3n) is 2.20. The van der Waals surface area contributed by atoms with Crippen LogP contribution < -0.4 is 5.14 Å². The van der Waals surface area contributed by atoms with Gasteiger partial charge in [0.15, 0.2) is 0 Å². The maximum atomic E-state index is 11.5. The van der Waals surface area contributed by atoms with Crippen LogP contribution in [0.2, 0.25) is 0 Å². The van der Waals surface area contributed by atoms with Crippen molar-refractivity contribution in [1.29, 1.82) is 0 Å². The molecule has 0 saturated carbocycles. The van der Waals surface area contributed by atoms with Gasteiger partial charge in [-0.2, -0.15) is 12.8 Å². The van der Waals surface area contributed by atoms with Crippen molar-refractivity contribution >= 4 is 25.8 Å². The van der Waals surface area contributed by atoms with Crippen LogP contribution in [0.3, 0.4) is 0 Å². The normalized spacial score (nSPS) is 18.0. The minimum absolute atomic E-state index is 0.0115. The molecule has 0 saturated heterocycles. The molecule has 16 heavy (non-hydrogen) atoms. The van der Waals surface area contributed by atoms with E-state index in [0.29, 0.717) is 0 Å². The molecular weight excluding hydrogens is 252 g/mol. The Labute approximate surface area is 92.9 Å². The monoisotopic (exact) mass is 260 g/mol. The number of nitrogens with two attached hydrogens (primary N) is 1. The lowest BCUT2D eigenvalue weighted by Gasteiger charge is -2.01. The predicted molar refractivity (Wildman–Crippen MR) is 57.2 cm³/mol. The van der Waals surface area contributed by atoms with Crippen molar-refractivity contribution < 1.29 is 16.8 Å². The van der Waals surface area contributed by atoms with Crippen LogP contribution >= 0.6 is 0 Å². The first-order chi connectivity index (χ1) is 7.22. The zero-order valence-corrected chi connectivity index (χ0v) is 9.84. The maximum Gasteiger partial charge on any atom is 0.283 e. The van der Waals surface area contributed by atoms with Crippen molar-refractivity contribution in [3.05, 3.63) is 23.8 Å². The van der Waals surface area contributed by atoms with Gasteiger partial charge in [-0.1, -0.05) is 0 Å². The number of primary sulfonamides is 1. The molecule has 2 rings (SSSR count). The van der Waals surface area contributed by atoms with E-state index in [2.05, 4.69) is 4.40 Å². The molecule has 0 aliphatic carbocycles. The average Bonchev–Trinajstić information content (AvgIpc) is 2.36. The van der Waals surface area contributed by atoms with Gasteiger partial charge in [0.05, 0.1) is 15.5 Å².